The normalized spacial score (nSPS) is 10.4. The van der Waals surface area contributed by atoms with E-state index < -0.39 is 0 Å². The van der Waals surface area contributed by atoms with E-state index in [4.69, 9.17) is 9.84 Å². The number of aryl methyl sites for hydroxylation is 1. The van der Waals surface area contributed by atoms with Gasteiger partial charge in [-0.05, 0) is 31.9 Å². The molecule has 16 heavy (non-hydrogen) atoms. The third kappa shape index (κ3) is 5.73. The van der Waals surface area contributed by atoms with Gasteiger partial charge in [0, 0.05) is 0 Å². The van der Waals surface area contributed by atoms with Gasteiger partial charge in [0.1, 0.15) is 5.75 Å². The van der Waals surface area contributed by atoms with Crippen LogP contribution in [-0.2, 0) is 0 Å². The molecule has 0 unspecified atom stereocenters. The van der Waals surface area contributed by atoms with E-state index in [0.717, 1.165) is 38.3 Å². The Morgan fingerprint density at radius 3 is 2.56 bits per heavy atom. The molecule has 3 heteroatoms. The molecule has 1 aromatic rings. The number of aliphatic hydroxyl groups excluding tert-OH is 1. The molecule has 1 rings (SSSR count). The number of hydrogen-bond donors (Lipinski definition) is 2. The zero-order valence-corrected chi connectivity index (χ0v) is 9.98. The number of benzene rings is 1. The Balaban J connectivity index is 2.01. The van der Waals surface area contributed by atoms with E-state index in [0.29, 0.717) is 0 Å². The van der Waals surface area contributed by atoms with Gasteiger partial charge in [0.15, 0.2) is 0 Å². The van der Waals surface area contributed by atoms with Gasteiger partial charge >= 0.3 is 0 Å². The van der Waals surface area contributed by atoms with Gasteiger partial charge in [-0.2, -0.15) is 0 Å². The van der Waals surface area contributed by atoms with Crippen molar-refractivity contribution in [1.82, 2.24) is 0 Å². The Morgan fingerprint density at radius 2 is 1.88 bits per heavy atom. The smallest absolute Gasteiger partial charge is 0.119 e. The maximum Gasteiger partial charge on any atom is 0.119 e. The summed E-state index contributed by atoms with van der Waals surface area (Å²) < 4.78 is 5.60. The quantitative estimate of drug-likeness (QED) is 0.639. The third-order valence-corrected chi connectivity index (χ3v) is 2.43. The van der Waals surface area contributed by atoms with E-state index in [2.05, 4.69) is 24.4 Å². The standard InChI is InChI=1S/C13H21NO2/c1-12-4-6-13(7-5-12)16-11-3-2-8-14-9-10-15/h4-7,14-15H,2-3,8-11H2,1H3/p+1. The summed E-state index contributed by atoms with van der Waals surface area (Å²) in [6, 6.07) is 8.13. The highest BCUT2D eigenvalue weighted by Crippen LogP contribution is 2.11. The Labute approximate surface area is 97.4 Å². The molecule has 3 N–H and O–H groups in total. The van der Waals surface area contributed by atoms with Gasteiger partial charge in [-0.25, -0.2) is 0 Å². The van der Waals surface area contributed by atoms with Gasteiger partial charge in [0.2, 0.25) is 0 Å². The predicted octanol–water partition coefficient (Wildman–Crippen LogP) is 0.710. The SMILES string of the molecule is Cc1ccc(OCCCC[NH2+]CCO)cc1. The molecular formula is C13H22NO2+. The Kier molecular flexibility index (Phi) is 6.61. The van der Waals surface area contributed by atoms with Crippen LogP contribution in [0.2, 0.25) is 0 Å². The maximum atomic E-state index is 8.58. The van der Waals surface area contributed by atoms with Crippen molar-refractivity contribution in [3.63, 3.8) is 0 Å². The van der Waals surface area contributed by atoms with Crippen LogP contribution >= 0.6 is 0 Å². The van der Waals surface area contributed by atoms with Gasteiger partial charge in [-0.1, -0.05) is 17.7 Å². The van der Waals surface area contributed by atoms with Gasteiger partial charge < -0.3 is 15.2 Å². The second-order valence-corrected chi connectivity index (χ2v) is 3.96. The summed E-state index contributed by atoms with van der Waals surface area (Å²) in [5, 5.41) is 10.7. The van der Waals surface area contributed by atoms with E-state index in [-0.39, 0.29) is 6.61 Å². The molecular weight excluding hydrogens is 202 g/mol. The first-order valence-electron chi connectivity index (χ1n) is 5.95. The van der Waals surface area contributed by atoms with Gasteiger partial charge in [0.05, 0.1) is 26.3 Å². The second kappa shape index (κ2) is 8.13. The molecule has 0 aliphatic heterocycles. The highest BCUT2D eigenvalue weighted by Gasteiger charge is 1.94. The summed E-state index contributed by atoms with van der Waals surface area (Å²) in [7, 11) is 0. The highest BCUT2D eigenvalue weighted by molar-refractivity contribution is 5.26. The van der Waals surface area contributed by atoms with Crippen LogP contribution in [0.25, 0.3) is 0 Å². The summed E-state index contributed by atoms with van der Waals surface area (Å²) in [5.74, 6) is 0.949. The van der Waals surface area contributed by atoms with E-state index in [1.165, 1.54) is 5.56 Å². The van der Waals surface area contributed by atoms with Crippen molar-refractivity contribution in [1.29, 1.82) is 0 Å². The fourth-order valence-corrected chi connectivity index (χ4v) is 1.45. The number of rotatable bonds is 8. The van der Waals surface area contributed by atoms with Crippen LogP contribution in [0, 0.1) is 6.92 Å². The molecule has 0 atom stereocenters. The predicted molar refractivity (Wildman–Crippen MR) is 64.7 cm³/mol. The van der Waals surface area contributed by atoms with E-state index >= 15 is 0 Å². The van der Waals surface area contributed by atoms with E-state index in [1.807, 2.05) is 12.1 Å². The number of quaternary nitrogens is 1. The molecule has 3 nitrogen and oxygen atoms in total. The minimum absolute atomic E-state index is 0.264. The first kappa shape index (κ1) is 13.0. The highest BCUT2D eigenvalue weighted by atomic mass is 16.5. The van der Waals surface area contributed by atoms with Crippen LogP contribution in [0.1, 0.15) is 18.4 Å². The summed E-state index contributed by atoms with van der Waals surface area (Å²) in [4.78, 5) is 0. The molecule has 0 saturated heterocycles. The summed E-state index contributed by atoms with van der Waals surface area (Å²) in [5.41, 5.74) is 1.26. The van der Waals surface area contributed by atoms with Crippen molar-refractivity contribution in [2.24, 2.45) is 0 Å². The summed E-state index contributed by atoms with van der Waals surface area (Å²) >= 11 is 0. The molecule has 0 amide bonds. The minimum Gasteiger partial charge on any atom is -0.494 e. The monoisotopic (exact) mass is 224 g/mol. The van der Waals surface area contributed by atoms with Crippen molar-refractivity contribution in [3.8, 4) is 5.75 Å². The van der Waals surface area contributed by atoms with Crippen molar-refractivity contribution >= 4 is 0 Å². The molecule has 90 valence electrons. The molecule has 0 radical (unpaired) electrons. The lowest BCUT2D eigenvalue weighted by atomic mass is 10.2. The largest absolute Gasteiger partial charge is 0.494 e. The number of unbranched alkanes of at least 4 members (excludes halogenated alkanes) is 1. The lowest BCUT2D eigenvalue weighted by Crippen LogP contribution is -2.85. The van der Waals surface area contributed by atoms with Crippen molar-refractivity contribution < 1.29 is 15.2 Å². The number of nitrogens with two attached hydrogens (primary N) is 1. The average Bonchev–Trinajstić information content (AvgIpc) is 2.30. The Hall–Kier alpha value is -1.06. The number of ether oxygens (including phenoxy) is 1. The number of hydrogen-bond acceptors (Lipinski definition) is 2. The summed E-state index contributed by atoms with van der Waals surface area (Å²) in [6.07, 6.45) is 2.20. The topological polar surface area (TPSA) is 46.1 Å². The van der Waals surface area contributed by atoms with Crippen LogP contribution in [0.3, 0.4) is 0 Å². The molecule has 0 aliphatic carbocycles. The minimum atomic E-state index is 0.264. The Bertz CT molecular complexity index is 272. The van der Waals surface area contributed by atoms with Gasteiger partial charge in [-0.3, -0.25) is 0 Å². The van der Waals surface area contributed by atoms with Crippen LogP contribution in [0.4, 0.5) is 0 Å². The fourth-order valence-electron chi connectivity index (χ4n) is 1.45. The Morgan fingerprint density at radius 1 is 1.12 bits per heavy atom. The van der Waals surface area contributed by atoms with E-state index in [1.54, 1.807) is 0 Å². The molecule has 0 spiro atoms. The first-order chi connectivity index (χ1) is 7.83. The summed E-state index contributed by atoms with van der Waals surface area (Å²) in [6.45, 7) is 4.98. The zero-order chi connectivity index (χ0) is 11.6. The first-order valence-corrected chi connectivity index (χ1v) is 5.95. The zero-order valence-electron chi connectivity index (χ0n) is 9.98. The van der Waals surface area contributed by atoms with Crippen LogP contribution in [0.15, 0.2) is 24.3 Å². The van der Waals surface area contributed by atoms with Crippen molar-refractivity contribution in [2.75, 3.05) is 26.3 Å². The molecule has 0 heterocycles. The van der Waals surface area contributed by atoms with Gasteiger partial charge in [-0.15, -0.1) is 0 Å². The molecule has 0 saturated carbocycles. The lowest BCUT2D eigenvalue weighted by Gasteiger charge is -2.05. The average molecular weight is 224 g/mol. The fraction of sp³-hybridized carbons (Fsp3) is 0.538. The van der Waals surface area contributed by atoms with E-state index in [9.17, 15) is 0 Å². The molecule has 0 fully saturated rings. The van der Waals surface area contributed by atoms with Crippen molar-refractivity contribution in [2.45, 2.75) is 19.8 Å². The van der Waals surface area contributed by atoms with Gasteiger partial charge in [0.25, 0.3) is 0 Å². The molecule has 0 bridgehead atoms. The molecule has 0 aliphatic rings. The lowest BCUT2D eigenvalue weighted by molar-refractivity contribution is -0.656. The molecule has 0 aromatic heterocycles. The second-order valence-electron chi connectivity index (χ2n) is 3.96. The van der Waals surface area contributed by atoms with Crippen LogP contribution in [0.5, 0.6) is 5.75 Å². The molecule has 1 aromatic carbocycles. The maximum absolute atomic E-state index is 8.58. The van der Waals surface area contributed by atoms with Crippen molar-refractivity contribution in [3.05, 3.63) is 29.8 Å². The van der Waals surface area contributed by atoms with Crippen LogP contribution < -0.4 is 10.1 Å². The van der Waals surface area contributed by atoms with Crippen LogP contribution in [-0.4, -0.2) is 31.4 Å². The third-order valence-electron chi connectivity index (χ3n) is 2.43. The number of aliphatic hydroxyl groups is 1.